The minimum absolute atomic E-state index is 0.0724. The topological polar surface area (TPSA) is 54.4 Å². The van der Waals surface area contributed by atoms with Crippen LogP contribution >= 0.6 is 0 Å². The molecule has 0 aromatic carbocycles. The summed E-state index contributed by atoms with van der Waals surface area (Å²) < 4.78 is 0. The second kappa shape index (κ2) is 3.25. The molecule has 0 aromatic rings. The molecule has 1 atom stereocenters. The van der Waals surface area contributed by atoms with Gasteiger partial charge in [0.15, 0.2) is 0 Å². The van der Waals surface area contributed by atoms with Crippen molar-refractivity contribution in [3.05, 3.63) is 0 Å². The van der Waals surface area contributed by atoms with E-state index in [2.05, 4.69) is 0 Å². The zero-order valence-corrected chi connectivity index (χ0v) is 7.30. The number of rotatable bonds is 3. The molecule has 1 unspecified atom stereocenters. The van der Waals surface area contributed by atoms with Crippen molar-refractivity contribution < 1.29 is 14.7 Å². The van der Waals surface area contributed by atoms with Gasteiger partial charge < -0.3 is 5.11 Å². The van der Waals surface area contributed by atoms with Gasteiger partial charge in [0, 0.05) is 6.42 Å². The predicted octanol–water partition coefficient (Wildman–Crippen LogP) is 1.61. The van der Waals surface area contributed by atoms with Crippen molar-refractivity contribution in [2.75, 3.05) is 0 Å². The Morgan fingerprint density at radius 1 is 1.67 bits per heavy atom. The van der Waals surface area contributed by atoms with Crippen molar-refractivity contribution in [1.82, 2.24) is 0 Å². The minimum Gasteiger partial charge on any atom is -0.480 e. The Balaban J connectivity index is 2.85. The minimum atomic E-state index is -1.02. The number of Topliss-reactive ketones (excluding diaryl/α,β-unsaturated/α-hetero) is 1. The Kier molecular flexibility index (Phi) is 2.50. The monoisotopic (exact) mass is 170 g/mol. The van der Waals surface area contributed by atoms with Crippen molar-refractivity contribution in [2.45, 2.75) is 39.0 Å². The second-order valence-corrected chi connectivity index (χ2v) is 3.41. The van der Waals surface area contributed by atoms with Crippen LogP contribution < -0.4 is 0 Å². The molecule has 1 aliphatic rings. The molecule has 0 radical (unpaired) electrons. The molecule has 0 spiro atoms. The molecule has 1 rings (SSSR count). The first-order valence-electron chi connectivity index (χ1n) is 4.40. The van der Waals surface area contributed by atoms with Gasteiger partial charge in [0.2, 0.25) is 0 Å². The van der Waals surface area contributed by atoms with Crippen molar-refractivity contribution in [2.24, 2.45) is 5.41 Å². The van der Waals surface area contributed by atoms with Crippen LogP contribution in [0.1, 0.15) is 39.0 Å². The quantitative estimate of drug-likeness (QED) is 0.654. The van der Waals surface area contributed by atoms with Gasteiger partial charge in [-0.25, -0.2) is 0 Å². The van der Waals surface area contributed by atoms with E-state index >= 15 is 0 Å². The van der Waals surface area contributed by atoms with Crippen LogP contribution in [-0.4, -0.2) is 16.9 Å². The number of ketones is 1. The van der Waals surface area contributed by atoms with Crippen LogP contribution in [0, 0.1) is 5.41 Å². The molecule has 12 heavy (non-hydrogen) atoms. The predicted molar refractivity (Wildman–Crippen MR) is 43.8 cm³/mol. The van der Waals surface area contributed by atoms with E-state index in [4.69, 9.17) is 5.11 Å². The maximum atomic E-state index is 11.3. The van der Waals surface area contributed by atoms with E-state index in [1.807, 2.05) is 6.92 Å². The number of carbonyl (C=O) groups excluding carboxylic acids is 1. The summed E-state index contributed by atoms with van der Waals surface area (Å²) >= 11 is 0. The van der Waals surface area contributed by atoms with Gasteiger partial charge in [0.25, 0.3) is 0 Å². The highest BCUT2D eigenvalue weighted by Gasteiger charge is 2.47. The van der Waals surface area contributed by atoms with E-state index < -0.39 is 11.4 Å². The summed E-state index contributed by atoms with van der Waals surface area (Å²) in [6, 6.07) is 0. The fourth-order valence-corrected chi connectivity index (χ4v) is 1.95. The molecule has 1 fully saturated rings. The Morgan fingerprint density at radius 2 is 2.33 bits per heavy atom. The number of aliphatic carboxylic acids is 1. The third-order valence-electron chi connectivity index (χ3n) is 2.63. The van der Waals surface area contributed by atoms with Crippen LogP contribution in [0.25, 0.3) is 0 Å². The van der Waals surface area contributed by atoms with Crippen LogP contribution in [0.3, 0.4) is 0 Å². The molecular formula is C9H14O3. The fraction of sp³-hybridized carbons (Fsp3) is 0.778. The van der Waals surface area contributed by atoms with E-state index in [-0.39, 0.29) is 5.78 Å². The average molecular weight is 170 g/mol. The molecule has 1 aliphatic carbocycles. The molecule has 0 heterocycles. The Hall–Kier alpha value is -0.860. The van der Waals surface area contributed by atoms with E-state index in [9.17, 15) is 9.59 Å². The van der Waals surface area contributed by atoms with Crippen molar-refractivity contribution in [1.29, 1.82) is 0 Å². The zero-order chi connectivity index (χ0) is 9.19. The molecular weight excluding hydrogens is 156 g/mol. The molecule has 3 heteroatoms. The number of carbonyl (C=O) groups is 2. The molecule has 0 bridgehead atoms. The van der Waals surface area contributed by atoms with E-state index in [1.165, 1.54) is 0 Å². The fourth-order valence-electron chi connectivity index (χ4n) is 1.95. The molecule has 1 N–H and O–H groups in total. The first-order valence-corrected chi connectivity index (χ1v) is 4.40. The Bertz CT molecular complexity index is 210. The number of hydrogen-bond acceptors (Lipinski definition) is 2. The van der Waals surface area contributed by atoms with Gasteiger partial charge in [0.05, 0.1) is 0 Å². The summed E-state index contributed by atoms with van der Waals surface area (Å²) in [6.07, 6.45) is 2.99. The SMILES string of the molecule is CCCC1(C(=O)O)CCCC1=O. The highest BCUT2D eigenvalue weighted by molar-refractivity contribution is 6.04. The van der Waals surface area contributed by atoms with Gasteiger partial charge in [-0.3, -0.25) is 9.59 Å². The average Bonchev–Trinajstić information content (AvgIpc) is 2.34. The first kappa shape index (κ1) is 9.23. The maximum Gasteiger partial charge on any atom is 0.317 e. The highest BCUT2D eigenvalue weighted by Crippen LogP contribution is 2.39. The van der Waals surface area contributed by atoms with E-state index in [0.29, 0.717) is 19.3 Å². The molecule has 0 amide bonds. The lowest BCUT2D eigenvalue weighted by atomic mass is 9.81. The summed E-state index contributed by atoms with van der Waals surface area (Å²) in [7, 11) is 0. The molecule has 1 saturated carbocycles. The standard InChI is InChI=1S/C9H14O3/c1-2-5-9(8(11)12)6-3-4-7(9)10/h2-6H2,1H3,(H,11,12). The summed E-state index contributed by atoms with van der Waals surface area (Å²) in [5, 5.41) is 8.94. The van der Waals surface area contributed by atoms with Crippen LogP contribution in [0.4, 0.5) is 0 Å². The second-order valence-electron chi connectivity index (χ2n) is 3.41. The Labute approximate surface area is 71.8 Å². The molecule has 3 nitrogen and oxygen atoms in total. The number of hydrogen-bond donors (Lipinski definition) is 1. The van der Waals surface area contributed by atoms with E-state index in [0.717, 1.165) is 12.8 Å². The van der Waals surface area contributed by atoms with Gasteiger partial charge >= 0.3 is 5.97 Å². The van der Waals surface area contributed by atoms with Gasteiger partial charge in [0.1, 0.15) is 11.2 Å². The van der Waals surface area contributed by atoms with Crippen molar-refractivity contribution in [3.8, 4) is 0 Å². The van der Waals surface area contributed by atoms with Crippen LogP contribution in [0.5, 0.6) is 0 Å². The van der Waals surface area contributed by atoms with Crippen LogP contribution in [0.15, 0.2) is 0 Å². The summed E-state index contributed by atoms with van der Waals surface area (Å²) in [5.41, 5.74) is -1.02. The third kappa shape index (κ3) is 1.24. The summed E-state index contributed by atoms with van der Waals surface area (Å²) in [6.45, 7) is 1.91. The highest BCUT2D eigenvalue weighted by atomic mass is 16.4. The molecule has 0 aliphatic heterocycles. The lowest BCUT2D eigenvalue weighted by Crippen LogP contribution is -2.34. The molecule has 0 saturated heterocycles. The van der Waals surface area contributed by atoms with Crippen LogP contribution in [-0.2, 0) is 9.59 Å². The van der Waals surface area contributed by atoms with Crippen molar-refractivity contribution >= 4 is 11.8 Å². The summed E-state index contributed by atoms with van der Waals surface area (Å²) in [4.78, 5) is 22.2. The molecule has 68 valence electrons. The summed E-state index contributed by atoms with van der Waals surface area (Å²) in [5.74, 6) is -0.997. The molecule has 0 aromatic heterocycles. The zero-order valence-electron chi connectivity index (χ0n) is 7.30. The lowest BCUT2D eigenvalue weighted by Gasteiger charge is -2.20. The van der Waals surface area contributed by atoms with Gasteiger partial charge in [-0.05, 0) is 19.3 Å². The first-order chi connectivity index (χ1) is 5.63. The maximum absolute atomic E-state index is 11.3. The smallest absolute Gasteiger partial charge is 0.317 e. The number of carboxylic acids is 1. The van der Waals surface area contributed by atoms with Gasteiger partial charge in [-0.15, -0.1) is 0 Å². The normalized spacial score (nSPS) is 29.2. The largest absolute Gasteiger partial charge is 0.480 e. The van der Waals surface area contributed by atoms with Crippen LogP contribution in [0.2, 0.25) is 0 Å². The third-order valence-corrected chi connectivity index (χ3v) is 2.63. The van der Waals surface area contributed by atoms with Gasteiger partial charge in [-0.1, -0.05) is 13.3 Å². The van der Waals surface area contributed by atoms with E-state index in [1.54, 1.807) is 0 Å². The number of carboxylic acid groups (broad SMARTS) is 1. The lowest BCUT2D eigenvalue weighted by molar-refractivity contribution is -0.153. The Morgan fingerprint density at radius 3 is 2.67 bits per heavy atom. The van der Waals surface area contributed by atoms with Crippen molar-refractivity contribution in [3.63, 3.8) is 0 Å². The van der Waals surface area contributed by atoms with Gasteiger partial charge in [-0.2, -0.15) is 0 Å².